The van der Waals surface area contributed by atoms with Crippen molar-refractivity contribution in [2.75, 3.05) is 18.5 Å². The van der Waals surface area contributed by atoms with Gasteiger partial charge in [0.1, 0.15) is 10.0 Å². The van der Waals surface area contributed by atoms with Crippen LogP contribution in [0.3, 0.4) is 0 Å². The van der Waals surface area contributed by atoms with Crippen LogP contribution in [0, 0.1) is 0 Å². The lowest BCUT2D eigenvalue weighted by Gasteiger charge is -2.07. The van der Waals surface area contributed by atoms with Crippen LogP contribution in [0.15, 0.2) is 54.7 Å². The van der Waals surface area contributed by atoms with Gasteiger partial charge in [-0.25, -0.2) is 14.6 Å². The van der Waals surface area contributed by atoms with Crippen LogP contribution in [0.25, 0.3) is 10.4 Å². The molecule has 2 heterocycles. The van der Waals surface area contributed by atoms with E-state index < -0.39 is 24.5 Å². The highest BCUT2D eigenvalue weighted by Crippen LogP contribution is 2.35. The van der Waals surface area contributed by atoms with Crippen molar-refractivity contribution in [1.29, 1.82) is 0 Å². The number of anilines is 1. The van der Waals surface area contributed by atoms with Gasteiger partial charge in [-0.05, 0) is 30.7 Å². The number of benzene rings is 1. The van der Waals surface area contributed by atoms with Gasteiger partial charge in [0, 0.05) is 11.1 Å². The summed E-state index contributed by atoms with van der Waals surface area (Å²) < 4.78 is 10.1. The van der Waals surface area contributed by atoms with Crippen molar-refractivity contribution in [2.24, 2.45) is 0 Å². The highest BCUT2D eigenvalue weighted by Gasteiger charge is 2.21. The van der Waals surface area contributed by atoms with E-state index in [2.05, 4.69) is 10.3 Å². The normalized spacial score (nSPS) is 10.3. The average molecular weight is 445 g/mol. The average Bonchev–Trinajstić information content (AvgIpc) is 3.17. The van der Waals surface area contributed by atoms with Gasteiger partial charge in [-0.1, -0.05) is 41.9 Å². The maximum absolute atomic E-state index is 12.3. The lowest BCUT2D eigenvalue weighted by Crippen LogP contribution is -2.22. The predicted molar refractivity (Wildman–Crippen MR) is 114 cm³/mol. The monoisotopic (exact) mass is 444 g/mol. The lowest BCUT2D eigenvalue weighted by atomic mass is 10.2. The van der Waals surface area contributed by atoms with Crippen LogP contribution in [-0.4, -0.2) is 36.0 Å². The minimum atomic E-state index is -0.774. The van der Waals surface area contributed by atoms with Crippen molar-refractivity contribution in [1.82, 2.24) is 4.98 Å². The summed E-state index contributed by atoms with van der Waals surface area (Å²) in [6.45, 7) is 1.35. The smallest absolute Gasteiger partial charge is 0.350 e. The summed E-state index contributed by atoms with van der Waals surface area (Å²) in [6.07, 6.45) is 1.43. The number of esters is 2. The zero-order valence-electron chi connectivity index (χ0n) is 15.9. The van der Waals surface area contributed by atoms with Gasteiger partial charge in [-0.2, -0.15) is 0 Å². The molecule has 0 radical (unpaired) electrons. The van der Waals surface area contributed by atoms with Gasteiger partial charge < -0.3 is 14.8 Å². The molecule has 0 unspecified atom stereocenters. The van der Waals surface area contributed by atoms with Crippen LogP contribution in [-0.2, 0) is 14.3 Å². The van der Waals surface area contributed by atoms with Gasteiger partial charge >= 0.3 is 11.9 Å². The molecule has 0 saturated carbocycles. The molecule has 7 nitrogen and oxygen atoms in total. The van der Waals surface area contributed by atoms with Gasteiger partial charge in [0.25, 0.3) is 5.91 Å². The molecule has 3 rings (SSSR count). The van der Waals surface area contributed by atoms with E-state index in [1.807, 2.05) is 30.3 Å². The maximum atomic E-state index is 12.3. The van der Waals surface area contributed by atoms with Crippen LogP contribution < -0.4 is 5.32 Å². The predicted octanol–water partition coefficient (Wildman–Crippen LogP) is 4.44. The number of pyridine rings is 1. The van der Waals surface area contributed by atoms with Gasteiger partial charge in [0.05, 0.1) is 17.9 Å². The zero-order chi connectivity index (χ0) is 21.5. The Balaban J connectivity index is 1.73. The number of hydrogen-bond donors (Lipinski definition) is 1. The van der Waals surface area contributed by atoms with Crippen molar-refractivity contribution in [2.45, 2.75) is 6.92 Å². The molecule has 0 atom stereocenters. The Morgan fingerprint density at radius 2 is 1.83 bits per heavy atom. The number of carbonyl (C=O) groups excluding carboxylic acids is 3. The minimum absolute atomic E-state index is 0.0159. The molecule has 0 fully saturated rings. The molecule has 0 aliphatic heterocycles. The van der Waals surface area contributed by atoms with E-state index in [1.54, 1.807) is 13.0 Å². The Bertz CT molecular complexity index is 1070. The Kier molecular flexibility index (Phi) is 7.16. The largest absolute Gasteiger partial charge is 0.462 e. The first-order chi connectivity index (χ1) is 14.5. The molecule has 2 aromatic heterocycles. The second-order valence-electron chi connectivity index (χ2n) is 5.91. The quantitative estimate of drug-likeness (QED) is 0.427. The van der Waals surface area contributed by atoms with Crippen molar-refractivity contribution in [3.8, 4) is 10.4 Å². The molecular formula is C21H17ClN2O5S. The molecule has 0 aliphatic carbocycles. The van der Waals surface area contributed by atoms with Gasteiger partial charge in [-0.3, -0.25) is 4.79 Å². The third-order valence-electron chi connectivity index (χ3n) is 3.84. The van der Waals surface area contributed by atoms with Gasteiger partial charge in [-0.15, -0.1) is 11.3 Å². The van der Waals surface area contributed by atoms with E-state index in [0.717, 1.165) is 10.4 Å². The van der Waals surface area contributed by atoms with E-state index in [4.69, 9.17) is 21.1 Å². The number of nitrogens with one attached hydrogen (secondary N) is 1. The number of amides is 1. The summed E-state index contributed by atoms with van der Waals surface area (Å²) in [6, 6.07) is 14.1. The molecule has 0 bridgehead atoms. The van der Waals surface area contributed by atoms with Crippen molar-refractivity contribution < 1.29 is 23.9 Å². The van der Waals surface area contributed by atoms with Crippen molar-refractivity contribution >= 4 is 46.5 Å². The highest BCUT2D eigenvalue weighted by atomic mass is 35.5. The molecule has 30 heavy (non-hydrogen) atoms. The maximum Gasteiger partial charge on any atom is 0.350 e. The fourth-order valence-corrected chi connectivity index (χ4v) is 3.72. The summed E-state index contributed by atoms with van der Waals surface area (Å²) in [5.41, 5.74) is 1.24. The number of ether oxygens (including phenoxy) is 2. The topological polar surface area (TPSA) is 94.6 Å². The van der Waals surface area contributed by atoms with Gasteiger partial charge in [0.2, 0.25) is 0 Å². The Morgan fingerprint density at radius 3 is 2.53 bits per heavy atom. The second-order valence-corrected chi connectivity index (χ2v) is 7.32. The molecule has 3 aromatic rings. The molecule has 0 aliphatic rings. The molecule has 9 heteroatoms. The first kappa shape index (κ1) is 21.5. The number of halogens is 1. The summed E-state index contributed by atoms with van der Waals surface area (Å²) in [7, 11) is 0. The summed E-state index contributed by atoms with van der Waals surface area (Å²) in [4.78, 5) is 41.5. The fraction of sp³-hybridized carbons (Fsp3) is 0.143. The summed E-state index contributed by atoms with van der Waals surface area (Å²) in [5, 5.41) is 2.59. The standard InChI is InChI=1S/C21H17ClN2O5S/c1-2-28-21(27)18-15(11-16(30-18)13-7-4-3-5-8-13)24-17(25)12-29-20(26)14-9-6-10-23-19(14)22/h3-11H,2,12H2,1H3,(H,24,25). The van der Waals surface area contributed by atoms with Crippen LogP contribution in [0.1, 0.15) is 27.0 Å². The van der Waals surface area contributed by atoms with Crippen LogP contribution >= 0.6 is 22.9 Å². The first-order valence-electron chi connectivity index (χ1n) is 8.93. The molecule has 0 spiro atoms. The zero-order valence-corrected chi connectivity index (χ0v) is 17.5. The highest BCUT2D eigenvalue weighted by molar-refractivity contribution is 7.18. The number of hydrogen-bond acceptors (Lipinski definition) is 7. The van der Waals surface area contributed by atoms with Gasteiger partial charge in [0.15, 0.2) is 6.61 Å². The first-order valence-corrected chi connectivity index (χ1v) is 10.1. The number of rotatable bonds is 7. The number of carbonyl (C=O) groups is 3. The second kappa shape index (κ2) is 10.00. The minimum Gasteiger partial charge on any atom is -0.462 e. The van der Waals surface area contributed by atoms with E-state index >= 15 is 0 Å². The van der Waals surface area contributed by atoms with Crippen molar-refractivity contribution in [3.05, 3.63) is 70.3 Å². The summed E-state index contributed by atoms with van der Waals surface area (Å²) in [5.74, 6) is -1.92. The van der Waals surface area contributed by atoms with E-state index in [0.29, 0.717) is 0 Å². The van der Waals surface area contributed by atoms with E-state index in [9.17, 15) is 14.4 Å². The van der Waals surface area contributed by atoms with Crippen LogP contribution in [0.2, 0.25) is 5.15 Å². The van der Waals surface area contributed by atoms with E-state index in [1.165, 1.54) is 29.7 Å². The molecule has 1 N–H and O–H groups in total. The Hall–Kier alpha value is -3.23. The SMILES string of the molecule is CCOC(=O)c1sc(-c2ccccc2)cc1NC(=O)COC(=O)c1cccnc1Cl. The fourth-order valence-electron chi connectivity index (χ4n) is 2.51. The molecule has 154 valence electrons. The third kappa shape index (κ3) is 5.22. The van der Waals surface area contributed by atoms with Crippen LogP contribution in [0.5, 0.6) is 0 Å². The summed E-state index contributed by atoms with van der Waals surface area (Å²) >= 11 is 7.05. The molecule has 1 aromatic carbocycles. The van der Waals surface area contributed by atoms with Crippen LogP contribution in [0.4, 0.5) is 5.69 Å². The Morgan fingerprint density at radius 1 is 1.07 bits per heavy atom. The van der Waals surface area contributed by atoms with Crippen molar-refractivity contribution in [3.63, 3.8) is 0 Å². The third-order valence-corrected chi connectivity index (χ3v) is 5.30. The number of thiophene rings is 1. The van der Waals surface area contributed by atoms with E-state index in [-0.39, 0.29) is 27.9 Å². The molecule has 1 amide bonds. The number of nitrogens with zero attached hydrogens (tertiary/aromatic N) is 1. The number of aromatic nitrogens is 1. The molecule has 0 saturated heterocycles. The Labute approximate surface area is 181 Å². The molecular weight excluding hydrogens is 428 g/mol. The lowest BCUT2D eigenvalue weighted by molar-refractivity contribution is -0.119.